The van der Waals surface area contributed by atoms with Crippen LogP contribution < -0.4 is 0 Å². The fourth-order valence-electron chi connectivity index (χ4n) is 2.36. The van der Waals surface area contributed by atoms with E-state index >= 15 is 0 Å². The van der Waals surface area contributed by atoms with E-state index in [1.165, 1.54) is 0 Å². The molecule has 0 saturated heterocycles. The lowest BCUT2D eigenvalue weighted by Crippen LogP contribution is -2.07. The summed E-state index contributed by atoms with van der Waals surface area (Å²) in [4.78, 5) is 13.0. The van der Waals surface area contributed by atoms with Gasteiger partial charge in [-0.15, -0.1) is 0 Å². The van der Waals surface area contributed by atoms with Crippen LogP contribution in [-0.4, -0.2) is 5.78 Å². The van der Waals surface area contributed by atoms with Crippen LogP contribution >= 0.6 is 63.7 Å². The second kappa shape index (κ2) is 7.73. The minimum absolute atomic E-state index is 0.0237. The Morgan fingerprint density at radius 1 is 0.818 bits per heavy atom. The molecule has 2 aromatic carbocycles. The number of hydrogen-bond donors (Lipinski definition) is 0. The molecule has 0 N–H and O–H groups in total. The third-order valence-corrected chi connectivity index (χ3v) is 6.44. The van der Waals surface area contributed by atoms with Gasteiger partial charge < -0.3 is 0 Å². The molecule has 22 heavy (non-hydrogen) atoms. The number of hydrogen-bond acceptors (Lipinski definition) is 1. The van der Waals surface area contributed by atoms with Crippen molar-refractivity contribution in [3.8, 4) is 0 Å². The average molecular weight is 554 g/mol. The molecule has 0 heterocycles. The summed E-state index contributed by atoms with van der Waals surface area (Å²) in [6.07, 6.45) is 0. The molecule has 0 aliphatic carbocycles. The van der Waals surface area contributed by atoms with Crippen molar-refractivity contribution >= 4 is 69.5 Å². The molecule has 0 spiro atoms. The number of ketones is 1. The van der Waals surface area contributed by atoms with Gasteiger partial charge in [0.15, 0.2) is 5.78 Å². The van der Waals surface area contributed by atoms with Crippen molar-refractivity contribution in [2.24, 2.45) is 0 Å². The number of aryl methyl sites for hydroxylation is 2. The number of carbonyl (C=O) groups excluding carboxylic acids is 1. The van der Waals surface area contributed by atoms with Crippen molar-refractivity contribution in [1.29, 1.82) is 0 Å². The van der Waals surface area contributed by atoms with E-state index in [0.717, 1.165) is 31.2 Å². The van der Waals surface area contributed by atoms with Crippen LogP contribution in [0.1, 0.15) is 38.2 Å². The van der Waals surface area contributed by atoms with Gasteiger partial charge in [0.05, 0.1) is 0 Å². The molecule has 0 saturated carbocycles. The monoisotopic (exact) mass is 550 g/mol. The quantitative estimate of drug-likeness (QED) is 0.299. The lowest BCUT2D eigenvalue weighted by molar-refractivity contribution is 0.103. The van der Waals surface area contributed by atoms with Crippen LogP contribution in [0.2, 0.25) is 0 Å². The van der Waals surface area contributed by atoms with Crippen LogP contribution in [0, 0.1) is 13.8 Å². The van der Waals surface area contributed by atoms with Gasteiger partial charge >= 0.3 is 0 Å². The molecule has 0 bridgehead atoms. The lowest BCUT2D eigenvalue weighted by atomic mass is 9.97. The Morgan fingerprint density at radius 3 is 1.50 bits per heavy atom. The Morgan fingerprint density at radius 2 is 1.18 bits per heavy atom. The summed E-state index contributed by atoms with van der Waals surface area (Å²) >= 11 is 14.1. The van der Waals surface area contributed by atoms with E-state index in [1.54, 1.807) is 0 Å². The van der Waals surface area contributed by atoms with Gasteiger partial charge in [-0.2, -0.15) is 0 Å². The Labute approximate surface area is 164 Å². The van der Waals surface area contributed by atoms with Crippen LogP contribution in [0.25, 0.3) is 0 Å². The topological polar surface area (TPSA) is 17.1 Å². The number of rotatable bonds is 4. The minimum atomic E-state index is 0.0237. The van der Waals surface area contributed by atoms with Crippen molar-refractivity contribution in [2.75, 3.05) is 0 Å². The van der Waals surface area contributed by atoms with E-state index in [2.05, 4.69) is 75.9 Å². The third kappa shape index (κ3) is 3.74. The van der Waals surface area contributed by atoms with E-state index in [1.807, 2.05) is 26.0 Å². The first-order valence-electron chi connectivity index (χ1n) is 6.63. The zero-order chi connectivity index (χ0) is 16.4. The number of halogens is 4. The predicted octanol–water partition coefficient (Wildman–Crippen LogP) is 6.85. The van der Waals surface area contributed by atoms with E-state index in [0.29, 0.717) is 21.8 Å². The van der Waals surface area contributed by atoms with Crippen LogP contribution in [0.4, 0.5) is 0 Å². The highest BCUT2D eigenvalue weighted by Crippen LogP contribution is 2.32. The molecule has 5 heteroatoms. The fourth-order valence-corrected chi connectivity index (χ4v) is 5.09. The van der Waals surface area contributed by atoms with Gasteiger partial charge in [0.25, 0.3) is 0 Å². The molecule has 0 aromatic heterocycles. The predicted molar refractivity (Wildman–Crippen MR) is 106 cm³/mol. The summed E-state index contributed by atoms with van der Waals surface area (Å²) in [7, 11) is 0. The van der Waals surface area contributed by atoms with E-state index < -0.39 is 0 Å². The smallest absolute Gasteiger partial charge is 0.195 e. The second-order valence-electron chi connectivity index (χ2n) is 5.17. The standard InChI is InChI=1S/C17H14Br4O/c1-9-3-11(7-18)15(20)13(5-9)17(22)14-6-10(2)4-12(8-19)16(14)21/h3-6H,7-8H2,1-2H3. The van der Waals surface area contributed by atoms with Crippen LogP contribution in [0.5, 0.6) is 0 Å². The lowest BCUT2D eigenvalue weighted by Gasteiger charge is -2.13. The Kier molecular flexibility index (Phi) is 6.46. The number of alkyl halides is 2. The maximum absolute atomic E-state index is 13.0. The van der Waals surface area contributed by atoms with Gasteiger partial charge in [-0.1, -0.05) is 55.1 Å². The molecular weight excluding hydrogens is 540 g/mol. The first-order valence-corrected chi connectivity index (χ1v) is 10.5. The van der Waals surface area contributed by atoms with Crippen LogP contribution in [0.15, 0.2) is 33.2 Å². The summed E-state index contributed by atoms with van der Waals surface area (Å²) in [6.45, 7) is 4.01. The zero-order valence-corrected chi connectivity index (χ0v) is 18.5. The molecule has 0 aliphatic heterocycles. The Bertz CT molecular complexity index is 676. The summed E-state index contributed by atoms with van der Waals surface area (Å²) in [5, 5.41) is 1.41. The Balaban J connectivity index is 2.63. The molecule has 1 nitrogen and oxygen atoms in total. The number of carbonyl (C=O) groups is 1. The van der Waals surface area contributed by atoms with Crippen molar-refractivity contribution in [3.05, 3.63) is 66.6 Å². The van der Waals surface area contributed by atoms with Gasteiger partial charge in [0, 0.05) is 30.7 Å². The summed E-state index contributed by atoms with van der Waals surface area (Å²) < 4.78 is 1.71. The molecule has 0 radical (unpaired) electrons. The molecule has 2 aromatic rings. The van der Waals surface area contributed by atoms with Crippen molar-refractivity contribution in [1.82, 2.24) is 0 Å². The Hall–Kier alpha value is 0.0300. The van der Waals surface area contributed by atoms with Crippen molar-refractivity contribution in [2.45, 2.75) is 24.5 Å². The largest absolute Gasteiger partial charge is 0.289 e. The second-order valence-corrected chi connectivity index (χ2v) is 7.88. The summed E-state index contributed by atoms with van der Waals surface area (Å²) in [5.74, 6) is 0.0237. The molecule has 0 fully saturated rings. The fraction of sp³-hybridized carbons (Fsp3) is 0.235. The first-order chi connectivity index (χ1) is 10.4. The van der Waals surface area contributed by atoms with Crippen molar-refractivity contribution in [3.63, 3.8) is 0 Å². The molecule has 0 unspecified atom stereocenters. The highest BCUT2D eigenvalue weighted by atomic mass is 79.9. The molecule has 0 atom stereocenters. The highest BCUT2D eigenvalue weighted by Gasteiger charge is 2.19. The van der Waals surface area contributed by atoms with Crippen molar-refractivity contribution < 1.29 is 4.79 Å². The van der Waals surface area contributed by atoms with E-state index in [9.17, 15) is 4.79 Å². The molecule has 2 rings (SSSR count). The molecular formula is C17H14Br4O. The average Bonchev–Trinajstić information content (AvgIpc) is 2.50. The van der Waals surface area contributed by atoms with E-state index in [-0.39, 0.29) is 5.78 Å². The summed E-state index contributed by atoms with van der Waals surface area (Å²) in [6, 6.07) is 8.01. The SMILES string of the molecule is Cc1cc(CBr)c(Br)c(C(=O)c2cc(C)cc(CBr)c2Br)c1. The molecule has 0 amide bonds. The van der Waals surface area contributed by atoms with Crippen LogP contribution in [-0.2, 0) is 10.7 Å². The summed E-state index contributed by atoms with van der Waals surface area (Å²) in [5.41, 5.74) is 5.69. The zero-order valence-electron chi connectivity index (χ0n) is 12.1. The maximum Gasteiger partial charge on any atom is 0.195 e. The van der Waals surface area contributed by atoms with Gasteiger partial charge in [0.2, 0.25) is 0 Å². The van der Waals surface area contributed by atoms with Gasteiger partial charge in [-0.05, 0) is 69.0 Å². The third-order valence-electron chi connectivity index (χ3n) is 3.36. The number of benzene rings is 2. The first kappa shape index (κ1) is 18.4. The van der Waals surface area contributed by atoms with Gasteiger partial charge in [0.1, 0.15) is 0 Å². The highest BCUT2D eigenvalue weighted by molar-refractivity contribution is 9.11. The molecule has 116 valence electrons. The van der Waals surface area contributed by atoms with Gasteiger partial charge in [-0.25, -0.2) is 0 Å². The molecule has 0 aliphatic rings. The van der Waals surface area contributed by atoms with Gasteiger partial charge in [-0.3, -0.25) is 4.79 Å². The normalized spacial score (nSPS) is 10.8. The maximum atomic E-state index is 13.0. The van der Waals surface area contributed by atoms with E-state index in [4.69, 9.17) is 0 Å². The minimum Gasteiger partial charge on any atom is -0.289 e. The van der Waals surface area contributed by atoms with Crippen LogP contribution in [0.3, 0.4) is 0 Å².